The quantitative estimate of drug-likeness (QED) is 0.562. The Morgan fingerprint density at radius 3 is 2.36 bits per heavy atom. The lowest BCUT2D eigenvalue weighted by Gasteiger charge is -2.39. The standard InChI is InChI=1S/C9H13NO/c10-8(11)9-4-1-7(2-5-9)3-6-9/h1,4,7H,2-3,5-6H2,(H2,10,11). The summed E-state index contributed by atoms with van der Waals surface area (Å²) in [5.41, 5.74) is 5.09. The molecule has 60 valence electrons. The summed E-state index contributed by atoms with van der Waals surface area (Å²) in [5, 5.41) is 0. The summed E-state index contributed by atoms with van der Waals surface area (Å²) >= 11 is 0. The molecule has 0 aromatic carbocycles. The SMILES string of the molecule is NC(=O)C12C=CC(CC1)CC2. The molecule has 2 nitrogen and oxygen atoms in total. The molecule has 0 spiro atoms. The van der Waals surface area contributed by atoms with Crippen LogP contribution in [0.1, 0.15) is 25.7 Å². The molecule has 0 aromatic heterocycles. The molecule has 0 atom stereocenters. The van der Waals surface area contributed by atoms with Crippen LogP contribution in [-0.2, 0) is 4.79 Å². The number of amides is 1. The van der Waals surface area contributed by atoms with Crippen LogP contribution in [0.3, 0.4) is 0 Å². The van der Waals surface area contributed by atoms with Crippen LogP contribution in [0.4, 0.5) is 0 Å². The van der Waals surface area contributed by atoms with Gasteiger partial charge in [-0.25, -0.2) is 0 Å². The molecule has 2 bridgehead atoms. The molecule has 0 radical (unpaired) electrons. The molecule has 0 saturated heterocycles. The molecule has 3 aliphatic carbocycles. The van der Waals surface area contributed by atoms with Crippen molar-refractivity contribution in [3.05, 3.63) is 12.2 Å². The van der Waals surface area contributed by atoms with Crippen LogP contribution in [0.2, 0.25) is 0 Å². The molecular formula is C9H13NO. The highest BCUT2D eigenvalue weighted by molar-refractivity contribution is 5.83. The molecule has 3 rings (SSSR count). The third kappa shape index (κ3) is 0.889. The predicted molar refractivity (Wildman–Crippen MR) is 42.7 cm³/mol. The average molecular weight is 151 g/mol. The lowest BCUT2D eigenvalue weighted by molar-refractivity contribution is -0.127. The lowest BCUT2D eigenvalue weighted by Crippen LogP contribution is -2.41. The van der Waals surface area contributed by atoms with Crippen LogP contribution >= 0.6 is 0 Å². The van der Waals surface area contributed by atoms with Gasteiger partial charge in [0.05, 0.1) is 5.41 Å². The highest BCUT2D eigenvalue weighted by atomic mass is 16.1. The molecular weight excluding hydrogens is 138 g/mol. The Hall–Kier alpha value is -0.790. The molecule has 11 heavy (non-hydrogen) atoms. The number of primary amides is 1. The Balaban J connectivity index is 2.31. The second-order valence-corrected chi connectivity index (χ2v) is 3.72. The smallest absolute Gasteiger partial charge is 0.227 e. The van der Waals surface area contributed by atoms with E-state index < -0.39 is 0 Å². The zero-order valence-electron chi connectivity index (χ0n) is 6.55. The fourth-order valence-corrected chi connectivity index (χ4v) is 2.16. The van der Waals surface area contributed by atoms with Gasteiger partial charge in [-0.05, 0) is 31.6 Å². The first kappa shape index (κ1) is 6.89. The van der Waals surface area contributed by atoms with Crippen LogP contribution in [0.15, 0.2) is 12.2 Å². The Kier molecular flexibility index (Phi) is 1.31. The average Bonchev–Trinajstić information content (AvgIpc) is 2.08. The summed E-state index contributed by atoms with van der Waals surface area (Å²) in [6.07, 6.45) is 8.46. The molecule has 0 aliphatic heterocycles. The van der Waals surface area contributed by atoms with Crippen molar-refractivity contribution in [3.63, 3.8) is 0 Å². The molecule has 3 aliphatic rings. The van der Waals surface area contributed by atoms with Crippen molar-refractivity contribution in [3.8, 4) is 0 Å². The van der Waals surface area contributed by atoms with Gasteiger partial charge in [-0.2, -0.15) is 0 Å². The third-order valence-electron chi connectivity index (χ3n) is 3.10. The predicted octanol–water partition coefficient (Wildman–Crippen LogP) is 1.22. The number of carbonyl (C=O) groups is 1. The lowest BCUT2D eigenvalue weighted by atomic mass is 9.65. The number of rotatable bonds is 1. The van der Waals surface area contributed by atoms with Crippen molar-refractivity contribution in [2.75, 3.05) is 0 Å². The molecule has 0 heterocycles. The second kappa shape index (κ2) is 2.10. The highest BCUT2D eigenvalue weighted by Gasteiger charge is 2.40. The Bertz CT molecular complexity index is 212. The summed E-state index contributed by atoms with van der Waals surface area (Å²) in [6.45, 7) is 0. The van der Waals surface area contributed by atoms with E-state index in [0.29, 0.717) is 0 Å². The van der Waals surface area contributed by atoms with Crippen molar-refractivity contribution in [2.45, 2.75) is 25.7 Å². The summed E-state index contributed by atoms with van der Waals surface area (Å²) < 4.78 is 0. The minimum atomic E-state index is -0.255. The molecule has 2 N–H and O–H groups in total. The van der Waals surface area contributed by atoms with Gasteiger partial charge in [0.15, 0.2) is 0 Å². The van der Waals surface area contributed by atoms with Crippen molar-refractivity contribution in [1.29, 1.82) is 0 Å². The van der Waals surface area contributed by atoms with Crippen molar-refractivity contribution >= 4 is 5.91 Å². The van der Waals surface area contributed by atoms with Gasteiger partial charge in [-0.3, -0.25) is 4.79 Å². The Labute approximate surface area is 66.5 Å². The van der Waals surface area contributed by atoms with Gasteiger partial charge >= 0.3 is 0 Å². The van der Waals surface area contributed by atoms with Gasteiger partial charge < -0.3 is 5.73 Å². The largest absolute Gasteiger partial charge is 0.369 e. The van der Waals surface area contributed by atoms with E-state index in [0.717, 1.165) is 31.6 Å². The topological polar surface area (TPSA) is 43.1 Å². The molecule has 1 fully saturated rings. The summed E-state index contributed by atoms with van der Waals surface area (Å²) in [6, 6.07) is 0. The molecule has 1 amide bonds. The van der Waals surface area contributed by atoms with Crippen molar-refractivity contribution in [2.24, 2.45) is 17.1 Å². The van der Waals surface area contributed by atoms with E-state index in [9.17, 15) is 4.79 Å². The fraction of sp³-hybridized carbons (Fsp3) is 0.667. The van der Waals surface area contributed by atoms with E-state index in [1.165, 1.54) is 0 Å². The number of allylic oxidation sites excluding steroid dienone is 1. The van der Waals surface area contributed by atoms with Gasteiger partial charge in [0.25, 0.3) is 0 Å². The normalized spacial score (nSPS) is 40.9. The first-order valence-electron chi connectivity index (χ1n) is 4.22. The second-order valence-electron chi connectivity index (χ2n) is 3.72. The van der Waals surface area contributed by atoms with Crippen molar-refractivity contribution < 1.29 is 4.79 Å². The van der Waals surface area contributed by atoms with E-state index in [4.69, 9.17) is 5.73 Å². The molecule has 1 saturated carbocycles. The van der Waals surface area contributed by atoms with Crippen LogP contribution in [0, 0.1) is 11.3 Å². The highest BCUT2D eigenvalue weighted by Crippen LogP contribution is 2.45. The molecule has 0 aromatic rings. The zero-order valence-corrected chi connectivity index (χ0v) is 6.55. The van der Waals surface area contributed by atoms with E-state index >= 15 is 0 Å². The van der Waals surface area contributed by atoms with Gasteiger partial charge in [-0.15, -0.1) is 0 Å². The fourth-order valence-electron chi connectivity index (χ4n) is 2.16. The molecule has 2 heteroatoms. The zero-order chi connectivity index (χ0) is 7.90. The summed E-state index contributed by atoms with van der Waals surface area (Å²) in [7, 11) is 0. The maximum Gasteiger partial charge on any atom is 0.227 e. The van der Waals surface area contributed by atoms with Gasteiger partial charge in [0.1, 0.15) is 0 Å². The minimum absolute atomic E-state index is 0.132. The Morgan fingerprint density at radius 2 is 2.09 bits per heavy atom. The van der Waals surface area contributed by atoms with Gasteiger partial charge in [0, 0.05) is 0 Å². The summed E-state index contributed by atoms with van der Waals surface area (Å²) in [5.74, 6) is 0.600. The Morgan fingerprint density at radius 1 is 1.45 bits per heavy atom. The maximum absolute atomic E-state index is 11.1. The van der Waals surface area contributed by atoms with E-state index in [2.05, 4.69) is 6.08 Å². The van der Waals surface area contributed by atoms with E-state index in [-0.39, 0.29) is 11.3 Å². The monoisotopic (exact) mass is 151 g/mol. The van der Waals surface area contributed by atoms with Crippen LogP contribution < -0.4 is 5.73 Å². The van der Waals surface area contributed by atoms with Crippen LogP contribution in [0.25, 0.3) is 0 Å². The number of nitrogens with two attached hydrogens (primary N) is 1. The first-order valence-corrected chi connectivity index (χ1v) is 4.22. The van der Waals surface area contributed by atoms with E-state index in [1.807, 2.05) is 6.08 Å². The number of fused-ring (bicyclic) bond motifs is 2. The molecule has 0 unspecified atom stereocenters. The maximum atomic E-state index is 11.1. The van der Waals surface area contributed by atoms with Crippen LogP contribution in [0.5, 0.6) is 0 Å². The van der Waals surface area contributed by atoms with Gasteiger partial charge in [0.2, 0.25) is 5.91 Å². The third-order valence-corrected chi connectivity index (χ3v) is 3.10. The minimum Gasteiger partial charge on any atom is -0.369 e. The first-order chi connectivity index (χ1) is 5.23. The van der Waals surface area contributed by atoms with E-state index in [1.54, 1.807) is 0 Å². The van der Waals surface area contributed by atoms with Crippen molar-refractivity contribution in [1.82, 2.24) is 0 Å². The van der Waals surface area contributed by atoms with Crippen LogP contribution in [-0.4, -0.2) is 5.91 Å². The summed E-state index contributed by atoms with van der Waals surface area (Å²) in [4.78, 5) is 11.1. The van der Waals surface area contributed by atoms with Gasteiger partial charge in [-0.1, -0.05) is 12.2 Å². The number of hydrogen-bond donors (Lipinski definition) is 1. The number of hydrogen-bond acceptors (Lipinski definition) is 1. The number of carbonyl (C=O) groups excluding carboxylic acids is 1.